The van der Waals surface area contributed by atoms with Crippen molar-refractivity contribution in [3.8, 4) is 0 Å². The Morgan fingerprint density at radius 1 is 0.510 bits per heavy atom. The Balaban J connectivity index is 3.71. The van der Waals surface area contributed by atoms with Gasteiger partial charge in [-0.15, -0.1) is 0 Å². The lowest BCUT2D eigenvalue weighted by Crippen LogP contribution is -2.45. The van der Waals surface area contributed by atoms with E-state index in [0.717, 1.165) is 83.5 Å². The summed E-state index contributed by atoms with van der Waals surface area (Å²) in [5.74, 6) is -0.0908. The lowest BCUT2D eigenvalue weighted by atomic mass is 10.1. The third-order valence-electron chi connectivity index (χ3n) is 8.32. The van der Waals surface area contributed by atoms with Crippen LogP contribution in [0.1, 0.15) is 162 Å². The second kappa shape index (κ2) is 39.7. The molecule has 0 aliphatic carbocycles. The monoisotopic (exact) mass is 678 g/mol. The first-order valence-electron chi connectivity index (χ1n) is 20.0. The van der Waals surface area contributed by atoms with E-state index in [0.29, 0.717) is 6.42 Å². The summed E-state index contributed by atoms with van der Waals surface area (Å²) in [5.41, 5.74) is 0. The fourth-order valence-electron chi connectivity index (χ4n) is 5.27. The van der Waals surface area contributed by atoms with Crippen molar-refractivity contribution in [3.63, 3.8) is 0 Å². The van der Waals surface area contributed by atoms with E-state index in [2.05, 4.69) is 104 Å². The van der Waals surface area contributed by atoms with Gasteiger partial charge in [-0.2, -0.15) is 0 Å². The molecule has 0 rings (SSSR count). The van der Waals surface area contributed by atoms with Crippen LogP contribution in [-0.4, -0.2) is 34.9 Å². The smallest absolute Gasteiger partial charge is 0.220 e. The molecule has 0 aliphatic rings. The fourth-order valence-corrected chi connectivity index (χ4v) is 5.27. The standard InChI is InChI=1S/C45H75NO3/c1-3-5-7-9-11-13-15-16-17-18-19-20-21-22-23-24-25-26-27-28-29-30-31-33-35-37-39-41-45(49)46-43(42-47)44(48)40-38-36-34-32-14-12-10-8-6-4-2/h5,7,11,13,16-17,19-20,22-23,25-26,28-29,38,40,43-44,47-48H,3-4,6,8-10,12,14-15,18,21,24,27,30-37,39,41-42H2,1-2H3,(H,46,49)/b7-5-,13-11-,17-16-,20-19-,23-22-,26-25-,29-28-,40-38+. The van der Waals surface area contributed by atoms with Gasteiger partial charge in [0, 0.05) is 6.42 Å². The molecule has 0 saturated heterocycles. The lowest BCUT2D eigenvalue weighted by Gasteiger charge is -2.20. The summed E-state index contributed by atoms with van der Waals surface area (Å²) in [6, 6.07) is -0.637. The highest BCUT2D eigenvalue weighted by molar-refractivity contribution is 5.76. The number of carbonyl (C=O) groups excluding carboxylic acids is 1. The Kier molecular flexibility index (Phi) is 37.6. The van der Waals surface area contributed by atoms with Gasteiger partial charge in [0.25, 0.3) is 0 Å². The Morgan fingerprint density at radius 3 is 1.35 bits per heavy atom. The SMILES string of the molecule is CC/C=C\C/C=C\C/C=C\C/C=C\C/C=C\C/C=C\C/C=C\CCCCCCCC(=O)NC(CO)C(O)/C=C/CCCCCCCCCC. The number of carbonyl (C=O) groups is 1. The largest absolute Gasteiger partial charge is 0.394 e. The third-order valence-corrected chi connectivity index (χ3v) is 8.32. The molecule has 0 heterocycles. The molecule has 0 aromatic rings. The topological polar surface area (TPSA) is 69.6 Å². The zero-order valence-electron chi connectivity index (χ0n) is 31.7. The van der Waals surface area contributed by atoms with Crippen LogP contribution in [0.3, 0.4) is 0 Å². The number of aliphatic hydroxyl groups excluding tert-OH is 2. The molecule has 4 nitrogen and oxygen atoms in total. The highest BCUT2D eigenvalue weighted by Crippen LogP contribution is 2.11. The molecular weight excluding hydrogens is 602 g/mol. The van der Waals surface area contributed by atoms with E-state index in [1.54, 1.807) is 6.08 Å². The van der Waals surface area contributed by atoms with Gasteiger partial charge < -0.3 is 15.5 Å². The summed E-state index contributed by atoms with van der Waals surface area (Å²) in [7, 11) is 0. The molecular formula is C45H75NO3. The molecule has 4 heteroatoms. The quantitative estimate of drug-likeness (QED) is 0.0469. The van der Waals surface area contributed by atoms with Crippen LogP contribution >= 0.6 is 0 Å². The highest BCUT2D eigenvalue weighted by atomic mass is 16.3. The summed E-state index contributed by atoms with van der Waals surface area (Å²) in [4.78, 5) is 12.3. The highest BCUT2D eigenvalue weighted by Gasteiger charge is 2.17. The molecule has 0 aromatic heterocycles. The van der Waals surface area contributed by atoms with Crippen molar-refractivity contribution in [3.05, 3.63) is 97.2 Å². The molecule has 49 heavy (non-hydrogen) atoms. The Hall–Kier alpha value is -2.69. The van der Waals surface area contributed by atoms with Gasteiger partial charge in [-0.25, -0.2) is 0 Å². The number of rotatable bonds is 34. The fraction of sp³-hybridized carbons (Fsp3) is 0.622. The van der Waals surface area contributed by atoms with Crippen LogP contribution in [0.2, 0.25) is 0 Å². The molecule has 0 saturated carbocycles. The number of aliphatic hydroxyl groups is 2. The van der Waals surface area contributed by atoms with Gasteiger partial charge in [0.15, 0.2) is 0 Å². The molecule has 0 aliphatic heterocycles. The number of hydrogen-bond donors (Lipinski definition) is 3. The minimum absolute atomic E-state index is 0.0908. The zero-order valence-corrected chi connectivity index (χ0v) is 31.7. The molecule has 278 valence electrons. The number of amides is 1. The predicted molar refractivity (Wildman–Crippen MR) is 216 cm³/mol. The Bertz CT molecular complexity index is 952. The zero-order chi connectivity index (χ0) is 35.7. The second-order valence-electron chi connectivity index (χ2n) is 13.0. The molecule has 0 spiro atoms. The minimum Gasteiger partial charge on any atom is -0.394 e. The maximum absolute atomic E-state index is 12.3. The van der Waals surface area contributed by atoms with E-state index in [1.165, 1.54) is 57.8 Å². The van der Waals surface area contributed by atoms with Gasteiger partial charge in [-0.3, -0.25) is 4.79 Å². The maximum atomic E-state index is 12.3. The molecule has 2 atom stereocenters. The first-order valence-corrected chi connectivity index (χ1v) is 20.0. The Labute approximate surface area is 303 Å². The summed E-state index contributed by atoms with van der Waals surface area (Å²) in [5, 5.41) is 22.8. The molecule has 0 radical (unpaired) electrons. The Morgan fingerprint density at radius 2 is 0.898 bits per heavy atom. The van der Waals surface area contributed by atoms with E-state index in [-0.39, 0.29) is 12.5 Å². The maximum Gasteiger partial charge on any atom is 0.220 e. The third kappa shape index (κ3) is 36.4. The molecule has 0 aromatic carbocycles. The molecule has 0 fully saturated rings. The van der Waals surface area contributed by atoms with Gasteiger partial charge in [0.2, 0.25) is 5.91 Å². The average Bonchev–Trinajstić information content (AvgIpc) is 3.10. The van der Waals surface area contributed by atoms with E-state index < -0.39 is 12.1 Å². The van der Waals surface area contributed by atoms with E-state index in [9.17, 15) is 15.0 Å². The van der Waals surface area contributed by atoms with Crippen LogP contribution in [0.15, 0.2) is 97.2 Å². The van der Waals surface area contributed by atoms with Gasteiger partial charge >= 0.3 is 0 Å². The van der Waals surface area contributed by atoms with Crippen molar-refractivity contribution in [2.24, 2.45) is 0 Å². The summed E-state index contributed by atoms with van der Waals surface area (Å²) < 4.78 is 0. The van der Waals surface area contributed by atoms with E-state index in [1.807, 2.05) is 6.08 Å². The summed E-state index contributed by atoms with van der Waals surface area (Å²) in [6.07, 6.45) is 59.3. The van der Waals surface area contributed by atoms with Crippen LogP contribution in [0.5, 0.6) is 0 Å². The molecule has 3 N–H and O–H groups in total. The van der Waals surface area contributed by atoms with Crippen molar-refractivity contribution in [1.82, 2.24) is 5.32 Å². The first-order chi connectivity index (χ1) is 24.2. The predicted octanol–water partition coefficient (Wildman–Crippen LogP) is 12.3. The van der Waals surface area contributed by atoms with Crippen LogP contribution in [0.25, 0.3) is 0 Å². The van der Waals surface area contributed by atoms with Crippen LogP contribution in [-0.2, 0) is 4.79 Å². The van der Waals surface area contributed by atoms with Crippen molar-refractivity contribution in [2.45, 2.75) is 174 Å². The van der Waals surface area contributed by atoms with Gasteiger partial charge in [-0.1, -0.05) is 175 Å². The van der Waals surface area contributed by atoms with Gasteiger partial charge in [0.1, 0.15) is 0 Å². The minimum atomic E-state index is -0.851. The van der Waals surface area contributed by atoms with Crippen LogP contribution in [0.4, 0.5) is 0 Å². The number of nitrogens with one attached hydrogen (secondary N) is 1. The second-order valence-corrected chi connectivity index (χ2v) is 13.0. The van der Waals surface area contributed by atoms with Crippen molar-refractivity contribution < 1.29 is 15.0 Å². The van der Waals surface area contributed by atoms with Crippen molar-refractivity contribution in [2.75, 3.05) is 6.61 Å². The first kappa shape index (κ1) is 46.3. The van der Waals surface area contributed by atoms with Gasteiger partial charge in [0.05, 0.1) is 18.8 Å². The van der Waals surface area contributed by atoms with Crippen molar-refractivity contribution in [1.29, 1.82) is 0 Å². The molecule has 2 unspecified atom stereocenters. The van der Waals surface area contributed by atoms with Crippen molar-refractivity contribution >= 4 is 5.91 Å². The normalized spacial score (nSPS) is 14.1. The molecule has 1 amide bonds. The number of unbranched alkanes of at least 4 members (excludes halogenated alkanes) is 13. The number of hydrogen-bond acceptors (Lipinski definition) is 3. The van der Waals surface area contributed by atoms with Crippen LogP contribution < -0.4 is 5.32 Å². The summed E-state index contributed by atoms with van der Waals surface area (Å²) in [6.45, 7) is 4.14. The van der Waals surface area contributed by atoms with Gasteiger partial charge in [-0.05, 0) is 77.0 Å². The summed E-state index contributed by atoms with van der Waals surface area (Å²) >= 11 is 0. The lowest BCUT2D eigenvalue weighted by molar-refractivity contribution is -0.123. The average molecular weight is 678 g/mol. The number of allylic oxidation sites excluding steroid dienone is 15. The van der Waals surface area contributed by atoms with E-state index in [4.69, 9.17) is 0 Å². The van der Waals surface area contributed by atoms with Crippen LogP contribution in [0, 0.1) is 0 Å². The van der Waals surface area contributed by atoms with E-state index >= 15 is 0 Å². The molecule has 0 bridgehead atoms.